The molecule has 3 aromatic carbocycles. The third kappa shape index (κ3) is 2.74. The number of ketones is 2. The normalized spacial score (nSPS) is 23.9. The second-order valence-electron chi connectivity index (χ2n) is 9.18. The summed E-state index contributed by atoms with van der Waals surface area (Å²) in [5, 5.41) is 11.1. The molecule has 0 aromatic heterocycles. The van der Waals surface area contributed by atoms with E-state index in [-0.39, 0.29) is 16.8 Å². The second kappa shape index (κ2) is 7.50. The Morgan fingerprint density at radius 2 is 1.42 bits per heavy atom. The summed E-state index contributed by atoms with van der Waals surface area (Å²) in [5.74, 6) is -5.14. The van der Waals surface area contributed by atoms with E-state index in [0.717, 1.165) is 10.5 Å². The number of nitrogens with zero attached hydrogens (tertiary/aromatic N) is 2. The van der Waals surface area contributed by atoms with Crippen LogP contribution >= 0.6 is 0 Å². The number of non-ortho nitro benzene ring substituents is 1. The van der Waals surface area contributed by atoms with Crippen molar-refractivity contribution in [3.8, 4) is 0 Å². The Morgan fingerprint density at radius 3 is 1.97 bits per heavy atom. The summed E-state index contributed by atoms with van der Waals surface area (Å²) in [5.41, 5.74) is -0.461. The van der Waals surface area contributed by atoms with Crippen LogP contribution in [0.5, 0.6) is 0 Å². The van der Waals surface area contributed by atoms with Gasteiger partial charge < -0.3 is 4.74 Å². The van der Waals surface area contributed by atoms with Gasteiger partial charge in [-0.3, -0.25) is 29.3 Å². The Bertz CT molecular complexity index is 1460. The molecule has 2 amide bonds. The molecule has 3 aliphatic rings. The van der Waals surface area contributed by atoms with Crippen LogP contribution < -0.4 is 4.90 Å². The minimum absolute atomic E-state index is 0.139. The first-order chi connectivity index (χ1) is 17.3. The molecule has 0 saturated carbocycles. The van der Waals surface area contributed by atoms with Crippen LogP contribution in [0.4, 0.5) is 11.4 Å². The lowest BCUT2D eigenvalue weighted by atomic mass is 9.77. The van der Waals surface area contributed by atoms with E-state index in [1.807, 2.05) is 6.92 Å². The summed E-state index contributed by atoms with van der Waals surface area (Å²) in [4.78, 5) is 66.6. The number of fused-ring (bicyclic) bond motifs is 3. The van der Waals surface area contributed by atoms with Crippen LogP contribution in [0.2, 0.25) is 0 Å². The van der Waals surface area contributed by atoms with Crippen molar-refractivity contribution >= 4 is 34.8 Å². The summed E-state index contributed by atoms with van der Waals surface area (Å²) < 4.78 is 6.18. The molecule has 3 atom stereocenters. The molecule has 2 fully saturated rings. The van der Waals surface area contributed by atoms with Crippen LogP contribution in [-0.2, 0) is 14.3 Å². The summed E-state index contributed by atoms with van der Waals surface area (Å²) in [7, 11) is 0. The molecular weight excluding hydrogens is 464 g/mol. The molecule has 36 heavy (non-hydrogen) atoms. The molecule has 2 heterocycles. The number of benzene rings is 3. The number of imide groups is 1. The Balaban J connectivity index is 1.52. The van der Waals surface area contributed by atoms with Crippen LogP contribution in [0.15, 0.2) is 72.8 Å². The highest BCUT2D eigenvalue weighted by Gasteiger charge is 2.74. The van der Waals surface area contributed by atoms with Crippen molar-refractivity contribution in [1.82, 2.24) is 0 Å². The van der Waals surface area contributed by atoms with Gasteiger partial charge in [0.1, 0.15) is 0 Å². The van der Waals surface area contributed by atoms with Gasteiger partial charge in [-0.15, -0.1) is 0 Å². The molecule has 9 nitrogen and oxygen atoms in total. The van der Waals surface area contributed by atoms with Crippen LogP contribution in [0, 0.1) is 28.9 Å². The molecule has 1 aliphatic carbocycles. The molecule has 0 N–H and O–H groups in total. The van der Waals surface area contributed by atoms with E-state index < -0.39 is 51.8 Å². The smallest absolute Gasteiger partial charge is 0.269 e. The first-order valence-electron chi connectivity index (χ1n) is 11.3. The predicted octanol–water partition coefficient (Wildman–Crippen LogP) is 3.60. The van der Waals surface area contributed by atoms with Gasteiger partial charge in [-0.25, -0.2) is 4.90 Å². The highest BCUT2D eigenvalue weighted by molar-refractivity contribution is 6.37. The van der Waals surface area contributed by atoms with Gasteiger partial charge in [-0.2, -0.15) is 0 Å². The lowest BCUT2D eigenvalue weighted by molar-refractivity contribution is -0.384. The SMILES string of the molecule is Cc1ccc(N2C(=O)[C@@H]3[C@@H](C2=O)C2(O[C@H]3c3ccc([N+](=O)[O-])cc3)C(=O)c3ccccc3C2=O)cc1. The zero-order valence-electron chi connectivity index (χ0n) is 18.9. The van der Waals surface area contributed by atoms with Gasteiger partial charge in [0.15, 0.2) is 0 Å². The average Bonchev–Trinajstić information content (AvgIpc) is 3.45. The lowest BCUT2D eigenvalue weighted by Crippen LogP contribution is -2.51. The van der Waals surface area contributed by atoms with E-state index in [0.29, 0.717) is 11.3 Å². The van der Waals surface area contributed by atoms with Crippen molar-refractivity contribution in [2.45, 2.75) is 18.6 Å². The Kier molecular flexibility index (Phi) is 4.58. The first-order valence-corrected chi connectivity index (χ1v) is 11.3. The Hall–Kier alpha value is -4.50. The van der Waals surface area contributed by atoms with Crippen molar-refractivity contribution in [2.75, 3.05) is 4.90 Å². The van der Waals surface area contributed by atoms with E-state index in [1.54, 1.807) is 36.4 Å². The minimum Gasteiger partial charge on any atom is -0.349 e. The van der Waals surface area contributed by atoms with Crippen molar-refractivity contribution in [1.29, 1.82) is 0 Å². The number of aryl methyl sites for hydroxylation is 1. The Labute approximate surface area is 204 Å². The fourth-order valence-corrected chi connectivity index (χ4v) is 5.55. The number of rotatable bonds is 3. The number of carbonyl (C=O) groups excluding carboxylic acids is 4. The number of nitro benzene ring substituents is 1. The molecule has 178 valence electrons. The van der Waals surface area contributed by atoms with Gasteiger partial charge in [0.2, 0.25) is 29.0 Å². The summed E-state index contributed by atoms with van der Waals surface area (Å²) in [6.07, 6.45) is -1.13. The molecule has 0 bridgehead atoms. The fraction of sp³-hybridized carbons (Fsp3) is 0.185. The van der Waals surface area contributed by atoms with Crippen LogP contribution in [0.1, 0.15) is 37.9 Å². The largest absolute Gasteiger partial charge is 0.349 e. The number of Topliss-reactive ketones (excluding diaryl/α,β-unsaturated/α-hetero) is 2. The predicted molar refractivity (Wildman–Crippen MR) is 125 cm³/mol. The van der Waals surface area contributed by atoms with Crippen molar-refractivity contribution in [2.24, 2.45) is 11.8 Å². The highest BCUT2D eigenvalue weighted by atomic mass is 16.6. The average molecular weight is 482 g/mol. The monoisotopic (exact) mass is 482 g/mol. The molecular formula is C27H18N2O7. The number of amides is 2. The standard InChI is InChI=1S/C27H18N2O7/c1-14-6-10-16(11-7-14)28-25(32)20-21(26(28)33)27(23(30)18-4-2-3-5-19(18)24(27)31)36-22(20)15-8-12-17(13-9-15)29(34)35/h2-13,20-22H,1H3/t20-,21+,22+/m1/s1. The van der Waals surface area contributed by atoms with Crippen LogP contribution in [0.3, 0.4) is 0 Å². The highest BCUT2D eigenvalue weighted by Crippen LogP contribution is 2.57. The van der Waals surface area contributed by atoms with Gasteiger partial charge in [0.05, 0.1) is 28.6 Å². The molecule has 3 aromatic rings. The van der Waals surface area contributed by atoms with E-state index in [4.69, 9.17) is 4.74 Å². The number of hydrogen-bond acceptors (Lipinski definition) is 7. The number of hydrogen-bond donors (Lipinski definition) is 0. The maximum Gasteiger partial charge on any atom is 0.269 e. The second-order valence-corrected chi connectivity index (χ2v) is 9.18. The summed E-state index contributed by atoms with van der Waals surface area (Å²) in [6.45, 7) is 1.87. The number of anilines is 1. The zero-order valence-corrected chi connectivity index (χ0v) is 18.9. The van der Waals surface area contributed by atoms with Crippen molar-refractivity contribution in [3.63, 3.8) is 0 Å². The molecule has 2 aliphatic heterocycles. The first kappa shape index (κ1) is 22.0. The fourth-order valence-electron chi connectivity index (χ4n) is 5.55. The third-order valence-electron chi connectivity index (χ3n) is 7.24. The van der Waals surface area contributed by atoms with Crippen molar-refractivity contribution in [3.05, 3.63) is 105 Å². The van der Waals surface area contributed by atoms with Gasteiger partial charge in [-0.1, -0.05) is 42.0 Å². The van der Waals surface area contributed by atoms with E-state index in [1.165, 1.54) is 36.4 Å². The summed E-state index contributed by atoms with van der Waals surface area (Å²) >= 11 is 0. The maximum atomic E-state index is 13.8. The number of ether oxygens (including phenoxy) is 1. The molecule has 2 saturated heterocycles. The number of carbonyl (C=O) groups is 4. The number of nitro groups is 1. The lowest BCUT2D eigenvalue weighted by Gasteiger charge is -2.27. The topological polar surface area (TPSA) is 124 Å². The quantitative estimate of drug-likeness (QED) is 0.242. The molecule has 1 spiro atoms. The minimum atomic E-state index is -2.19. The van der Waals surface area contributed by atoms with Crippen LogP contribution in [0.25, 0.3) is 0 Å². The van der Waals surface area contributed by atoms with Crippen molar-refractivity contribution < 1.29 is 28.8 Å². The van der Waals surface area contributed by atoms with Gasteiger partial charge in [0.25, 0.3) is 5.69 Å². The third-order valence-corrected chi connectivity index (χ3v) is 7.24. The molecule has 6 rings (SSSR count). The molecule has 9 heteroatoms. The van der Waals surface area contributed by atoms with E-state index >= 15 is 0 Å². The zero-order chi connectivity index (χ0) is 25.4. The van der Waals surface area contributed by atoms with Gasteiger partial charge in [0, 0.05) is 23.3 Å². The van der Waals surface area contributed by atoms with Crippen LogP contribution in [-0.4, -0.2) is 33.9 Å². The van der Waals surface area contributed by atoms with E-state index in [9.17, 15) is 29.3 Å². The summed E-state index contributed by atoms with van der Waals surface area (Å²) in [6, 6.07) is 18.4. The molecule has 0 unspecified atom stereocenters. The Morgan fingerprint density at radius 1 is 0.833 bits per heavy atom. The molecule has 0 radical (unpaired) electrons. The maximum absolute atomic E-state index is 13.8. The van der Waals surface area contributed by atoms with E-state index in [2.05, 4.69) is 0 Å². The van der Waals surface area contributed by atoms with Gasteiger partial charge >= 0.3 is 0 Å². The van der Waals surface area contributed by atoms with Gasteiger partial charge in [-0.05, 0) is 36.8 Å².